The van der Waals surface area contributed by atoms with E-state index in [-0.39, 0.29) is 6.04 Å². The van der Waals surface area contributed by atoms with E-state index in [0.717, 1.165) is 18.8 Å². The summed E-state index contributed by atoms with van der Waals surface area (Å²) in [4.78, 5) is 6.30. The lowest BCUT2D eigenvalue weighted by molar-refractivity contribution is 0.328. The summed E-state index contributed by atoms with van der Waals surface area (Å²) in [5, 5.41) is 1.14. The number of halogens is 2. The molecule has 0 saturated carbocycles. The van der Waals surface area contributed by atoms with Crippen LogP contribution in [0.4, 0.5) is 5.69 Å². The van der Waals surface area contributed by atoms with Gasteiger partial charge in [0.2, 0.25) is 0 Å². The topological polar surface area (TPSA) is 24.8 Å². The normalized spacial score (nSPS) is 18.2. The first-order chi connectivity index (χ1) is 8.20. The van der Waals surface area contributed by atoms with Gasteiger partial charge in [0.15, 0.2) is 0 Å². The van der Waals surface area contributed by atoms with Crippen molar-refractivity contribution in [1.29, 1.82) is 0 Å². The Balaban J connectivity index is 2.10. The summed E-state index contributed by atoms with van der Waals surface area (Å²) >= 11 is 11.9. The van der Waals surface area contributed by atoms with Crippen molar-refractivity contribution >= 4 is 35.3 Å². The monoisotopic (exact) mass is 271 g/mol. The summed E-state index contributed by atoms with van der Waals surface area (Å²) in [6.07, 6.45) is 2.52. The zero-order valence-electron chi connectivity index (χ0n) is 9.49. The van der Waals surface area contributed by atoms with Gasteiger partial charge in [-0.3, -0.25) is 0 Å². The number of nitrogens with zero attached hydrogens (tertiary/aromatic N) is 2. The summed E-state index contributed by atoms with van der Waals surface area (Å²) in [5.41, 5.74) is 1.05. The zero-order chi connectivity index (χ0) is 12.3. The Morgan fingerprint density at radius 2 is 2.29 bits per heavy atom. The van der Waals surface area contributed by atoms with Crippen molar-refractivity contribution in [2.24, 2.45) is 4.99 Å². The molecule has 2 rings (SSSR count). The third-order valence-corrected chi connectivity index (χ3v) is 3.40. The average molecular weight is 272 g/mol. The van der Waals surface area contributed by atoms with Crippen LogP contribution in [0.2, 0.25) is 10.0 Å². The summed E-state index contributed by atoms with van der Waals surface area (Å²) in [6, 6.07) is 5.78. The van der Waals surface area contributed by atoms with Gasteiger partial charge in [-0.2, -0.15) is 0 Å². The highest BCUT2D eigenvalue weighted by Gasteiger charge is 2.17. The van der Waals surface area contributed by atoms with Gasteiger partial charge in [0.05, 0.1) is 10.0 Å². The summed E-state index contributed by atoms with van der Waals surface area (Å²) in [5.74, 6) is 0. The Morgan fingerprint density at radius 3 is 2.88 bits per heavy atom. The molecule has 0 N–H and O–H groups in total. The van der Waals surface area contributed by atoms with E-state index in [2.05, 4.69) is 23.2 Å². The Morgan fingerprint density at radius 1 is 1.47 bits per heavy atom. The van der Waals surface area contributed by atoms with Crippen LogP contribution < -0.4 is 4.90 Å². The molecule has 1 radical (unpaired) electrons. The van der Waals surface area contributed by atoms with E-state index in [1.54, 1.807) is 0 Å². The van der Waals surface area contributed by atoms with Crippen molar-refractivity contribution in [3.8, 4) is 0 Å². The van der Waals surface area contributed by atoms with Crippen molar-refractivity contribution in [2.75, 3.05) is 24.6 Å². The smallest absolute Gasteiger partial charge is 0.273 e. The number of aliphatic imine (C=N–C) groups is 1. The van der Waals surface area contributed by atoms with Crippen LogP contribution in [0.5, 0.6) is 0 Å². The van der Waals surface area contributed by atoms with Gasteiger partial charge in [-0.05, 0) is 25.1 Å². The number of likely N-dealkylation sites (N-methyl/N-ethyl adjacent to an activating group) is 1. The van der Waals surface area contributed by atoms with Gasteiger partial charge in [-0.1, -0.05) is 23.2 Å². The molecule has 91 valence electrons. The van der Waals surface area contributed by atoms with E-state index in [1.165, 1.54) is 0 Å². The molecule has 1 heterocycles. The fourth-order valence-corrected chi connectivity index (χ4v) is 2.02. The number of hydrogen-bond donors (Lipinski definition) is 0. The lowest BCUT2D eigenvalue weighted by atomic mass is 10.2. The maximum atomic E-state index is 6.01. The SMILES string of the molecule is CCN(CC1CO[C]=N1)c1ccc(Cl)c(Cl)c1. The minimum absolute atomic E-state index is 0.143. The van der Waals surface area contributed by atoms with E-state index >= 15 is 0 Å². The Bertz CT molecular complexity index is 423. The van der Waals surface area contributed by atoms with Gasteiger partial charge in [0, 0.05) is 18.8 Å². The van der Waals surface area contributed by atoms with Crippen LogP contribution in [0.25, 0.3) is 0 Å². The summed E-state index contributed by atoms with van der Waals surface area (Å²) in [6.45, 7) is 4.36. The largest absolute Gasteiger partial charge is 0.472 e. The Hall–Kier alpha value is -0.930. The number of rotatable bonds is 4. The van der Waals surface area contributed by atoms with Crippen molar-refractivity contribution in [3.63, 3.8) is 0 Å². The van der Waals surface area contributed by atoms with Crippen LogP contribution in [0.15, 0.2) is 23.2 Å². The van der Waals surface area contributed by atoms with Gasteiger partial charge < -0.3 is 9.64 Å². The van der Waals surface area contributed by atoms with E-state index in [0.29, 0.717) is 16.7 Å². The first kappa shape index (κ1) is 12.5. The van der Waals surface area contributed by atoms with Gasteiger partial charge >= 0.3 is 0 Å². The van der Waals surface area contributed by atoms with Crippen LogP contribution in [0, 0.1) is 0 Å². The second-order valence-electron chi connectivity index (χ2n) is 3.82. The first-order valence-corrected chi connectivity index (χ1v) is 6.23. The molecular weight excluding hydrogens is 259 g/mol. The van der Waals surface area contributed by atoms with Gasteiger partial charge in [0.25, 0.3) is 6.40 Å². The third-order valence-electron chi connectivity index (χ3n) is 2.66. The highest BCUT2D eigenvalue weighted by atomic mass is 35.5. The van der Waals surface area contributed by atoms with Crippen LogP contribution in [-0.2, 0) is 4.74 Å². The van der Waals surface area contributed by atoms with Crippen molar-refractivity contribution < 1.29 is 4.74 Å². The molecule has 0 spiro atoms. The molecule has 1 aliphatic rings. The van der Waals surface area contributed by atoms with Crippen LogP contribution in [-0.4, -0.2) is 32.1 Å². The summed E-state index contributed by atoms with van der Waals surface area (Å²) in [7, 11) is 0. The van der Waals surface area contributed by atoms with Crippen LogP contribution in [0.1, 0.15) is 6.92 Å². The van der Waals surface area contributed by atoms with E-state index in [9.17, 15) is 0 Å². The third kappa shape index (κ3) is 3.05. The maximum absolute atomic E-state index is 6.01. The van der Waals surface area contributed by atoms with Crippen molar-refractivity contribution in [1.82, 2.24) is 0 Å². The average Bonchev–Trinajstić information content (AvgIpc) is 2.82. The number of benzene rings is 1. The molecule has 17 heavy (non-hydrogen) atoms. The van der Waals surface area contributed by atoms with Gasteiger partial charge in [0.1, 0.15) is 12.6 Å². The first-order valence-electron chi connectivity index (χ1n) is 5.47. The summed E-state index contributed by atoms with van der Waals surface area (Å²) < 4.78 is 4.99. The van der Waals surface area contributed by atoms with Crippen LogP contribution >= 0.6 is 23.2 Å². The molecule has 0 saturated heterocycles. The highest BCUT2D eigenvalue weighted by Crippen LogP contribution is 2.27. The molecule has 0 amide bonds. The Labute approximate surface area is 111 Å². The molecule has 1 aliphatic heterocycles. The molecule has 5 heteroatoms. The minimum atomic E-state index is 0.143. The molecule has 1 unspecified atom stereocenters. The fourth-order valence-electron chi connectivity index (χ4n) is 1.73. The number of anilines is 1. The van der Waals surface area contributed by atoms with Crippen molar-refractivity contribution in [3.05, 3.63) is 28.2 Å². The number of ether oxygens (including phenoxy) is 1. The highest BCUT2D eigenvalue weighted by molar-refractivity contribution is 6.42. The number of hydrogen-bond acceptors (Lipinski definition) is 3. The van der Waals surface area contributed by atoms with Crippen molar-refractivity contribution in [2.45, 2.75) is 13.0 Å². The minimum Gasteiger partial charge on any atom is -0.472 e. The molecular formula is C12H13Cl2N2O. The predicted octanol–water partition coefficient (Wildman–Crippen LogP) is 3.12. The molecule has 3 nitrogen and oxygen atoms in total. The Kier molecular flexibility index (Phi) is 4.13. The lowest BCUT2D eigenvalue weighted by Crippen LogP contribution is -2.32. The van der Waals surface area contributed by atoms with Crippen LogP contribution in [0.3, 0.4) is 0 Å². The van der Waals surface area contributed by atoms with Gasteiger partial charge in [-0.15, -0.1) is 0 Å². The standard InChI is InChI=1S/C12H13Cl2N2O/c1-2-16(6-9-7-17-8-15-9)10-3-4-11(13)12(14)5-10/h3-5,9H,2,6-7H2,1H3. The molecule has 1 aromatic rings. The molecule has 0 bridgehead atoms. The fraction of sp³-hybridized carbons (Fsp3) is 0.417. The molecule has 1 atom stereocenters. The molecule has 1 aromatic carbocycles. The second-order valence-corrected chi connectivity index (χ2v) is 4.64. The molecule has 0 aliphatic carbocycles. The van der Waals surface area contributed by atoms with E-state index in [4.69, 9.17) is 27.9 Å². The van der Waals surface area contributed by atoms with Gasteiger partial charge in [-0.25, -0.2) is 4.99 Å². The van der Waals surface area contributed by atoms with E-state index < -0.39 is 0 Å². The predicted molar refractivity (Wildman–Crippen MR) is 71.5 cm³/mol. The molecule has 0 fully saturated rings. The molecule has 0 aromatic heterocycles. The quantitative estimate of drug-likeness (QED) is 0.841. The van der Waals surface area contributed by atoms with E-state index in [1.807, 2.05) is 18.2 Å². The second kappa shape index (κ2) is 5.61. The maximum Gasteiger partial charge on any atom is 0.273 e. The lowest BCUT2D eigenvalue weighted by Gasteiger charge is -2.25. The zero-order valence-corrected chi connectivity index (χ0v) is 11.0.